The molecule has 1 heterocycles. The van der Waals surface area contributed by atoms with Gasteiger partial charge in [0, 0.05) is 11.3 Å². The molecule has 0 saturated carbocycles. The minimum absolute atomic E-state index is 0.00435. The van der Waals surface area contributed by atoms with E-state index < -0.39 is 6.43 Å². The molecule has 0 unspecified atom stereocenters. The van der Waals surface area contributed by atoms with Crippen molar-refractivity contribution in [3.63, 3.8) is 0 Å². The average Bonchev–Trinajstić information content (AvgIpc) is 2.08. The number of hydrogen-bond acceptors (Lipinski definition) is 2. The molecule has 0 aliphatic carbocycles. The molecule has 1 aromatic rings. The Bertz CT molecular complexity index is 371. The van der Waals surface area contributed by atoms with Crippen LogP contribution in [0, 0.1) is 18.3 Å². The second-order valence-electron chi connectivity index (χ2n) is 2.43. The molecule has 13 heavy (non-hydrogen) atoms. The van der Waals surface area contributed by atoms with Gasteiger partial charge in [0.25, 0.3) is 6.43 Å². The Hall–Kier alpha value is -1.02. The lowest BCUT2D eigenvalue weighted by atomic mass is 10.2. The Balaban J connectivity index is 3.38. The van der Waals surface area contributed by atoms with Crippen LogP contribution in [-0.4, -0.2) is 4.98 Å². The highest BCUT2D eigenvalue weighted by atomic mass is 79.9. The lowest BCUT2D eigenvalue weighted by Gasteiger charge is -2.05. The van der Waals surface area contributed by atoms with Gasteiger partial charge in [-0.1, -0.05) is 0 Å². The van der Waals surface area contributed by atoms with Crippen molar-refractivity contribution in [1.82, 2.24) is 4.98 Å². The molecule has 0 spiro atoms. The summed E-state index contributed by atoms with van der Waals surface area (Å²) in [6.07, 6.45) is -2.59. The number of alkyl halides is 2. The van der Waals surface area contributed by atoms with E-state index in [0.717, 1.165) is 0 Å². The first kappa shape index (κ1) is 10.1. The first-order chi connectivity index (χ1) is 6.06. The summed E-state index contributed by atoms with van der Waals surface area (Å²) in [7, 11) is 0. The lowest BCUT2D eigenvalue weighted by Crippen LogP contribution is -1.95. The van der Waals surface area contributed by atoms with Crippen LogP contribution in [0.1, 0.15) is 23.4 Å². The number of aryl methyl sites for hydroxylation is 1. The molecule has 1 aromatic heterocycles. The van der Waals surface area contributed by atoms with Crippen LogP contribution in [0.3, 0.4) is 0 Å². The normalized spacial score (nSPS) is 10.2. The molecule has 0 atom stereocenters. The zero-order valence-electron chi connectivity index (χ0n) is 6.68. The van der Waals surface area contributed by atoms with E-state index in [2.05, 4.69) is 20.9 Å². The minimum atomic E-state index is -2.59. The second kappa shape index (κ2) is 3.79. The third kappa shape index (κ3) is 2.01. The third-order valence-corrected chi connectivity index (χ3v) is 2.29. The van der Waals surface area contributed by atoms with Crippen molar-refractivity contribution in [1.29, 1.82) is 5.26 Å². The highest BCUT2D eigenvalue weighted by Gasteiger charge is 2.16. The fourth-order valence-corrected chi connectivity index (χ4v) is 1.38. The quantitative estimate of drug-likeness (QED) is 0.764. The van der Waals surface area contributed by atoms with Gasteiger partial charge in [0.1, 0.15) is 6.07 Å². The third-order valence-electron chi connectivity index (χ3n) is 1.45. The Kier molecular flexibility index (Phi) is 2.94. The molecule has 0 amide bonds. The number of aromatic nitrogens is 1. The first-order valence-corrected chi connectivity index (χ1v) is 4.21. The van der Waals surface area contributed by atoms with Gasteiger partial charge < -0.3 is 0 Å². The van der Waals surface area contributed by atoms with E-state index in [1.54, 1.807) is 13.0 Å². The molecule has 5 heteroatoms. The molecule has 0 bridgehead atoms. The number of nitriles is 1. The predicted octanol–water partition coefficient (Wildman–Crippen LogP) is 2.96. The summed E-state index contributed by atoms with van der Waals surface area (Å²) in [5.41, 5.74) is 0.217. The predicted molar refractivity (Wildman–Crippen MR) is 46.3 cm³/mol. The van der Waals surface area contributed by atoms with E-state index in [0.29, 0.717) is 5.69 Å². The lowest BCUT2D eigenvalue weighted by molar-refractivity contribution is 0.150. The molecule has 0 fully saturated rings. The summed E-state index contributed by atoms with van der Waals surface area (Å²) >= 11 is 2.91. The first-order valence-electron chi connectivity index (χ1n) is 3.41. The smallest absolute Gasteiger partial charge is 0.241 e. The van der Waals surface area contributed by atoms with Gasteiger partial charge in [-0.3, -0.25) is 0 Å². The van der Waals surface area contributed by atoms with E-state index in [1.165, 1.54) is 6.07 Å². The van der Waals surface area contributed by atoms with Gasteiger partial charge in [0.05, 0.1) is 4.47 Å². The topological polar surface area (TPSA) is 36.7 Å². The van der Waals surface area contributed by atoms with Crippen LogP contribution in [0.4, 0.5) is 8.78 Å². The van der Waals surface area contributed by atoms with Crippen LogP contribution < -0.4 is 0 Å². The summed E-state index contributed by atoms with van der Waals surface area (Å²) in [5.74, 6) is 0. The van der Waals surface area contributed by atoms with Crippen LogP contribution in [0.25, 0.3) is 0 Å². The highest BCUT2D eigenvalue weighted by molar-refractivity contribution is 9.10. The zero-order valence-corrected chi connectivity index (χ0v) is 8.27. The molecule has 2 nitrogen and oxygen atoms in total. The molecule has 0 aromatic carbocycles. The average molecular weight is 247 g/mol. The Labute approximate surface area is 82.3 Å². The molecule has 1 rings (SSSR count). The van der Waals surface area contributed by atoms with E-state index >= 15 is 0 Å². The van der Waals surface area contributed by atoms with E-state index in [9.17, 15) is 8.78 Å². The number of pyridine rings is 1. The largest absolute Gasteiger partial charge is 0.265 e. The van der Waals surface area contributed by atoms with Gasteiger partial charge in [0.2, 0.25) is 0 Å². The van der Waals surface area contributed by atoms with Crippen molar-refractivity contribution < 1.29 is 8.78 Å². The van der Waals surface area contributed by atoms with Gasteiger partial charge in [0.15, 0.2) is 5.69 Å². The summed E-state index contributed by atoms with van der Waals surface area (Å²) < 4.78 is 24.8. The van der Waals surface area contributed by atoms with Crippen LogP contribution in [-0.2, 0) is 0 Å². The van der Waals surface area contributed by atoms with Crippen LogP contribution >= 0.6 is 15.9 Å². The maximum absolute atomic E-state index is 12.4. The van der Waals surface area contributed by atoms with Crippen molar-refractivity contribution in [2.24, 2.45) is 0 Å². The SMILES string of the molecule is Cc1cc(C(F)F)c(Br)c(C#N)n1. The molecule has 0 aliphatic rings. The molecular formula is C8H5BrF2N2. The van der Waals surface area contributed by atoms with Gasteiger partial charge in [-0.2, -0.15) is 5.26 Å². The maximum Gasteiger partial charge on any atom is 0.265 e. The van der Waals surface area contributed by atoms with Crippen LogP contribution in [0.5, 0.6) is 0 Å². The van der Waals surface area contributed by atoms with Crippen LogP contribution in [0.15, 0.2) is 10.5 Å². The monoisotopic (exact) mass is 246 g/mol. The second-order valence-corrected chi connectivity index (χ2v) is 3.22. The van der Waals surface area contributed by atoms with E-state index in [1.807, 2.05) is 0 Å². The molecular weight excluding hydrogens is 242 g/mol. The van der Waals surface area contributed by atoms with Crippen molar-refractivity contribution >= 4 is 15.9 Å². The highest BCUT2D eigenvalue weighted by Crippen LogP contribution is 2.29. The van der Waals surface area contributed by atoms with Gasteiger partial charge in [-0.15, -0.1) is 0 Å². The van der Waals surface area contributed by atoms with Crippen LogP contribution in [0.2, 0.25) is 0 Å². The summed E-state index contributed by atoms with van der Waals surface area (Å²) in [5, 5.41) is 8.56. The summed E-state index contributed by atoms with van der Waals surface area (Å²) in [6, 6.07) is 3.00. The van der Waals surface area contributed by atoms with Gasteiger partial charge in [-0.25, -0.2) is 13.8 Å². The minimum Gasteiger partial charge on any atom is -0.241 e. The van der Waals surface area contributed by atoms with Crippen molar-refractivity contribution in [3.8, 4) is 6.07 Å². The molecule has 0 aliphatic heterocycles. The number of nitrogens with zero attached hydrogens (tertiary/aromatic N) is 2. The Morgan fingerprint density at radius 2 is 2.23 bits per heavy atom. The van der Waals surface area contributed by atoms with Crippen molar-refractivity contribution in [2.45, 2.75) is 13.3 Å². The van der Waals surface area contributed by atoms with Crippen molar-refractivity contribution in [2.75, 3.05) is 0 Å². The number of rotatable bonds is 1. The fourth-order valence-electron chi connectivity index (χ4n) is 0.916. The molecule has 0 radical (unpaired) electrons. The fraction of sp³-hybridized carbons (Fsp3) is 0.250. The van der Waals surface area contributed by atoms with Crippen molar-refractivity contribution in [3.05, 3.63) is 27.5 Å². The Morgan fingerprint density at radius 3 is 2.69 bits per heavy atom. The molecule has 0 saturated heterocycles. The van der Waals surface area contributed by atoms with Gasteiger partial charge in [-0.05, 0) is 28.9 Å². The number of halogens is 3. The zero-order chi connectivity index (χ0) is 10.0. The molecule has 68 valence electrons. The van der Waals surface area contributed by atoms with Gasteiger partial charge >= 0.3 is 0 Å². The number of hydrogen-bond donors (Lipinski definition) is 0. The standard InChI is InChI=1S/C8H5BrF2N2/c1-4-2-5(8(10)11)7(9)6(3-12)13-4/h2,8H,1H3. The summed E-state index contributed by atoms with van der Waals surface area (Å²) in [6.45, 7) is 1.57. The summed E-state index contributed by atoms with van der Waals surface area (Å²) in [4.78, 5) is 3.79. The maximum atomic E-state index is 12.4. The molecule has 0 N–H and O–H groups in total. The van der Waals surface area contributed by atoms with E-state index in [4.69, 9.17) is 5.26 Å². The van der Waals surface area contributed by atoms with E-state index in [-0.39, 0.29) is 15.7 Å². The Morgan fingerprint density at radius 1 is 1.62 bits per heavy atom.